The Balaban J connectivity index is 2.05. The number of hydrogen-bond donors (Lipinski definition) is 2. The summed E-state index contributed by atoms with van der Waals surface area (Å²) in [6.07, 6.45) is 0.128. The second kappa shape index (κ2) is 6.78. The average molecular weight is 301 g/mol. The smallest absolute Gasteiger partial charge is 0.225 e. The number of carbonyl (C=O) groups excluding carboxylic acids is 1. The van der Waals surface area contributed by atoms with E-state index < -0.39 is 6.04 Å². The van der Waals surface area contributed by atoms with Gasteiger partial charge in [0.1, 0.15) is 11.8 Å². The van der Waals surface area contributed by atoms with E-state index in [1.54, 1.807) is 36.4 Å². The van der Waals surface area contributed by atoms with Gasteiger partial charge < -0.3 is 10.4 Å². The van der Waals surface area contributed by atoms with Crippen LogP contribution in [-0.2, 0) is 11.2 Å². The Morgan fingerprint density at radius 2 is 1.90 bits per heavy atom. The summed E-state index contributed by atoms with van der Waals surface area (Å²) in [5.74, 6) is -0.141. The molecule has 2 aromatic rings. The van der Waals surface area contributed by atoms with Crippen LogP contribution >= 0.6 is 11.6 Å². The van der Waals surface area contributed by atoms with Crippen molar-refractivity contribution in [2.45, 2.75) is 12.5 Å². The summed E-state index contributed by atoms with van der Waals surface area (Å²) in [4.78, 5) is 12.0. The Morgan fingerprint density at radius 1 is 1.24 bits per heavy atom. The normalized spacial score (nSPS) is 11.4. The Bertz CT molecular complexity index is 677. The number of nitrogens with zero attached hydrogens (tertiary/aromatic N) is 1. The van der Waals surface area contributed by atoms with Gasteiger partial charge in [-0.05, 0) is 23.8 Å². The number of phenols is 1. The summed E-state index contributed by atoms with van der Waals surface area (Å²) >= 11 is 6.03. The minimum Gasteiger partial charge on any atom is -0.508 e. The largest absolute Gasteiger partial charge is 0.508 e. The minimum absolute atomic E-state index is 0.128. The molecule has 0 aliphatic rings. The molecular weight excluding hydrogens is 288 g/mol. The van der Waals surface area contributed by atoms with E-state index in [4.69, 9.17) is 11.6 Å². The van der Waals surface area contributed by atoms with Crippen LogP contribution in [0.1, 0.15) is 17.2 Å². The van der Waals surface area contributed by atoms with Crippen LogP contribution in [0, 0.1) is 11.3 Å². The predicted molar refractivity (Wildman–Crippen MR) is 79.8 cm³/mol. The highest BCUT2D eigenvalue weighted by molar-refractivity contribution is 6.31. The van der Waals surface area contributed by atoms with Crippen LogP contribution in [0.15, 0.2) is 48.5 Å². The summed E-state index contributed by atoms with van der Waals surface area (Å²) < 4.78 is 0. The van der Waals surface area contributed by atoms with Crippen LogP contribution in [0.25, 0.3) is 0 Å². The maximum absolute atomic E-state index is 12.0. The molecule has 0 heterocycles. The van der Waals surface area contributed by atoms with E-state index in [-0.39, 0.29) is 18.1 Å². The lowest BCUT2D eigenvalue weighted by Crippen LogP contribution is -2.29. The van der Waals surface area contributed by atoms with Crippen molar-refractivity contribution in [3.63, 3.8) is 0 Å². The lowest BCUT2D eigenvalue weighted by molar-refractivity contribution is -0.120. The predicted octanol–water partition coefficient (Wildman–Crippen LogP) is 2.97. The molecule has 0 unspecified atom stereocenters. The summed E-state index contributed by atoms with van der Waals surface area (Å²) in [5, 5.41) is 21.5. The van der Waals surface area contributed by atoms with Gasteiger partial charge in [0, 0.05) is 10.6 Å². The first-order valence-electron chi connectivity index (χ1n) is 6.31. The van der Waals surface area contributed by atoms with Crippen molar-refractivity contribution in [2.24, 2.45) is 0 Å². The zero-order valence-electron chi connectivity index (χ0n) is 11.1. The van der Waals surface area contributed by atoms with Gasteiger partial charge in [0.05, 0.1) is 12.5 Å². The monoisotopic (exact) mass is 300 g/mol. The fourth-order valence-electron chi connectivity index (χ4n) is 1.90. The minimum atomic E-state index is -0.789. The molecule has 2 N–H and O–H groups in total. The number of nitriles is 1. The lowest BCUT2D eigenvalue weighted by Gasteiger charge is -2.13. The number of nitrogens with one attached hydrogen (secondary N) is 1. The van der Waals surface area contributed by atoms with Gasteiger partial charge in [-0.3, -0.25) is 4.79 Å². The standard InChI is InChI=1S/C16H13ClN2O2/c17-14-4-2-1-3-13(14)15(10-18)19-16(21)9-11-5-7-12(20)8-6-11/h1-8,15,20H,9H2,(H,19,21)/t15-/m0/s1. The molecule has 21 heavy (non-hydrogen) atoms. The molecule has 0 saturated carbocycles. The number of aromatic hydroxyl groups is 1. The van der Waals surface area contributed by atoms with Gasteiger partial charge in [-0.25, -0.2) is 0 Å². The van der Waals surface area contributed by atoms with Gasteiger partial charge in [0.15, 0.2) is 0 Å². The molecule has 0 bridgehead atoms. The van der Waals surface area contributed by atoms with Crippen LogP contribution in [0.3, 0.4) is 0 Å². The molecule has 4 nitrogen and oxygen atoms in total. The number of benzene rings is 2. The molecule has 0 aromatic heterocycles. The third-order valence-corrected chi connectivity index (χ3v) is 3.30. The van der Waals surface area contributed by atoms with E-state index in [9.17, 15) is 15.2 Å². The molecule has 0 saturated heterocycles. The third kappa shape index (κ3) is 3.98. The van der Waals surface area contributed by atoms with Gasteiger partial charge in [-0.2, -0.15) is 5.26 Å². The third-order valence-electron chi connectivity index (χ3n) is 2.95. The van der Waals surface area contributed by atoms with Crippen molar-refractivity contribution in [2.75, 3.05) is 0 Å². The highest BCUT2D eigenvalue weighted by Crippen LogP contribution is 2.22. The van der Waals surface area contributed by atoms with Gasteiger partial charge >= 0.3 is 0 Å². The van der Waals surface area contributed by atoms with E-state index >= 15 is 0 Å². The first-order valence-corrected chi connectivity index (χ1v) is 6.69. The maximum atomic E-state index is 12.0. The van der Waals surface area contributed by atoms with E-state index in [0.29, 0.717) is 10.6 Å². The molecule has 1 amide bonds. The number of halogens is 1. The number of phenolic OH excluding ortho intramolecular Hbond substituents is 1. The molecule has 0 aliphatic carbocycles. The molecule has 106 valence electrons. The van der Waals surface area contributed by atoms with Crippen LogP contribution in [-0.4, -0.2) is 11.0 Å². The molecule has 0 aliphatic heterocycles. The van der Waals surface area contributed by atoms with E-state index in [2.05, 4.69) is 5.32 Å². The number of rotatable bonds is 4. The van der Waals surface area contributed by atoms with Crippen LogP contribution in [0.5, 0.6) is 5.75 Å². The Labute approximate surface area is 127 Å². The Kier molecular flexibility index (Phi) is 4.81. The summed E-state index contributed by atoms with van der Waals surface area (Å²) in [6.45, 7) is 0. The first-order chi connectivity index (χ1) is 10.1. The van der Waals surface area contributed by atoms with Crippen molar-refractivity contribution in [3.8, 4) is 11.8 Å². The molecule has 0 spiro atoms. The summed E-state index contributed by atoms with van der Waals surface area (Å²) in [5.41, 5.74) is 1.32. The van der Waals surface area contributed by atoms with Gasteiger partial charge in [-0.1, -0.05) is 41.9 Å². The SMILES string of the molecule is N#C[C@H](NC(=O)Cc1ccc(O)cc1)c1ccccc1Cl. The molecule has 2 aromatic carbocycles. The Hall–Kier alpha value is -2.51. The van der Waals surface area contributed by atoms with Crippen LogP contribution in [0.2, 0.25) is 5.02 Å². The van der Waals surface area contributed by atoms with Gasteiger partial charge in [0.25, 0.3) is 0 Å². The second-order valence-corrected chi connectivity index (χ2v) is 4.90. The van der Waals surface area contributed by atoms with Crippen LogP contribution < -0.4 is 5.32 Å². The zero-order chi connectivity index (χ0) is 15.2. The van der Waals surface area contributed by atoms with Crippen LogP contribution in [0.4, 0.5) is 0 Å². The summed E-state index contributed by atoms with van der Waals surface area (Å²) in [7, 11) is 0. The Morgan fingerprint density at radius 3 is 2.52 bits per heavy atom. The van der Waals surface area contributed by atoms with Gasteiger partial charge in [-0.15, -0.1) is 0 Å². The fourth-order valence-corrected chi connectivity index (χ4v) is 2.14. The molecule has 2 rings (SSSR count). The zero-order valence-corrected chi connectivity index (χ0v) is 11.8. The average Bonchev–Trinajstić information content (AvgIpc) is 2.48. The highest BCUT2D eigenvalue weighted by Gasteiger charge is 2.16. The second-order valence-electron chi connectivity index (χ2n) is 4.49. The topological polar surface area (TPSA) is 73.1 Å². The lowest BCUT2D eigenvalue weighted by atomic mass is 10.1. The highest BCUT2D eigenvalue weighted by atomic mass is 35.5. The molecular formula is C16H13ClN2O2. The molecule has 5 heteroatoms. The maximum Gasteiger partial charge on any atom is 0.225 e. The van der Waals surface area contributed by atoms with Crippen molar-refractivity contribution in [3.05, 3.63) is 64.7 Å². The number of hydrogen-bond acceptors (Lipinski definition) is 3. The number of amides is 1. The van der Waals surface area contributed by atoms with E-state index in [0.717, 1.165) is 5.56 Å². The van der Waals surface area contributed by atoms with Crippen molar-refractivity contribution < 1.29 is 9.90 Å². The van der Waals surface area contributed by atoms with Gasteiger partial charge in [0.2, 0.25) is 5.91 Å². The van der Waals surface area contributed by atoms with E-state index in [1.165, 1.54) is 12.1 Å². The van der Waals surface area contributed by atoms with Crippen molar-refractivity contribution >= 4 is 17.5 Å². The fraction of sp³-hybridized carbons (Fsp3) is 0.125. The molecule has 0 fully saturated rings. The van der Waals surface area contributed by atoms with E-state index in [1.807, 2.05) is 6.07 Å². The van der Waals surface area contributed by atoms with Crippen molar-refractivity contribution in [1.82, 2.24) is 5.32 Å². The summed E-state index contributed by atoms with van der Waals surface area (Å²) in [6, 6.07) is 14.5. The molecule has 1 atom stereocenters. The first kappa shape index (κ1) is 14.9. The number of carbonyl (C=O) groups is 1. The quantitative estimate of drug-likeness (QED) is 0.911. The van der Waals surface area contributed by atoms with Crippen molar-refractivity contribution in [1.29, 1.82) is 5.26 Å². The molecule has 0 radical (unpaired) electrons.